The molecule has 4 heterocycles. The van der Waals surface area contributed by atoms with E-state index in [-0.39, 0.29) is 47.0 Å². The summed E-state index contributed by atoms with van der Waals surface area (Å²) in [6.45, 7) is 0. The van der Waals surface area contributed by atoms with Crippen LogP contribution in [0.25, 0.3) is 0 Å². The van der Waals surface area contributed by atoms with Gasteiger partial charge < -0.3 is 21.5 Å². The largest absolute Gasteiger partial charge is 0.477 e. The zero-order valence-electron chi connectivity index (χ0n) is 15.6. The normalized spacial score (nSPS) is 25.4. The molecule has 3 atom stereocenters. The van der Waals surface area contributed by atoms with E-state index >= 15 is 0 Å². The van der Waals surface area contributed by atoms with Crippen molar-refractivity contribution in [3.8, 4) is 0 Å². The molecule has 4 rings (SSSR count). The Kier molecular flexibility index (Phi) is 5.95. The number of carboxylic acid groups (broad SMARTS) is 1. The van der Waals surface area contributed by atoms with Crippen molar-refractivity contribution in [2.45, 2.75) is 34.2 Å². The zero-order chi connectivity index (χ0) is 21.4. The van der Waals surface area contributed by atoms with Crippen molar-refractivity contribution < 1.29 is 19.5 Å². The van der Waals surface area contributed by atoms with Crippen LogP contribution in [-0.4, -0.2) is 70.0 Å². The van der Waals surface area contributed by atoms with E-state index in [0.717, 1.165) is 0 Å². The molecule has 1 saturated heterocycles. The molecule has 2 amide bonds. The molecule has 3 aliphatic rings. The summed E-state index contributed by atoms with van der Waals surface area (Å²) in [7, 11) is 1.67. The van der Waals surface area contributed by atoms with Crippen LogP contribution >= 0.6 is 35.3 Å². The fourth-order valence-electron chi connectivity index (χ4n) is 3.14. The van der Waals surface area contributed by atoms with Crippen LogP contribution < -0.4 is 16.4 Å². The second kappa shape index (κ2) is 8.49. The second-order valence-corrected chi connectivity index (χ2v) is 9.83. The number of amides is 2. The van der Waals surface area contributed by atoms with Crippen molar-refractivity contribution in [2.24, 2.45) is 12.8 Å². The minimum absolute atomic E-state index is 0.0845. The minimum Gasteiger partial charge on any atom is -0.477 e. The standard InChI is InChI=1S/C15H18N8O4S3/c1-22-15(19-20-21-22)29-5-7-11(13(26)27)23-9(25)3-10(23)30-12(7)18-8(24)2-6-4-28-14(16)17-6/h4,10,12,14,17H,2-3,5,16H2,1H3,(H,18,24)(H,26,27)/t10-,12?,14?/m1/s1. The van der Waals surface area contributed by atoms with Crippen LogP contribution in [-0.2, 0) is 21.4 Å². The number of aromatic nitrogens is 4. The van der Waals surface area contributed by atoms with Crippen LogP contribution in [0, 0.1) is 0 Å². The average molecular weight is 471 g/mol. The Hall–Kier alpha value is -2.23. The molecule has 0 aliphatic carbocycles. The molecule has 12 nitrogen and oxygen atoms in total. The second-order valence-electron chi connectivity index (χ2n) is 6.58. The number of fused-ring (bicyclic) bond motifs is 1. The number of aryl methyl sites for hydroxylation is 1. The lowest BCUT2D eigenvalue weighted by molar-refractivity contribution is -0.146. The lowest BCUT2D eigenvalue weighted by Crippen LogP contribution is -2.57. The molecule has 5 N–H and O–H groups in total. The van der Waals surface area contributed by atoms with Gasteiger partial charge in [-0.15, -0.1) is 16.9 Å². The van der Waals surface area contributed by atoms with Crippen LogP contribution in [0.1, 0.15) is 12.8 Å². The van der Waals surface area contributed by atoms with E-state index in [0.29, 0.717) is 16.4 Å². The Balaban J connectivity index is 1.56. The first-order valence-electron chi connectivity index (χ1n) is 8.78. The molecule has 0 aromatic carbocycles. The number of β-lactam (4-membered cyclic amide) rings is 1. The van der Waals surface area contributed by atoms with Gasteiger partial charge in [0.1, 0.15) is 16.6 Å². The summed E-state index contributed by atoms with van der Waals surface area (Å²) in [6, 6.07) is 0. The van der Waals surface area contributed by atoms with E-state index in [1.807, 2.05) is 0 Å². The Morgan fingerprint density at radius 3 is 2.90 bits per heavy atom. The first-order chi connectivity index (χ1) is 14.3. The Bertz CT molecular complexity index is 963. The Morgan fingerprint density at radius 2 is 2.30 bits per heavy atom. The fourth-order valence-corrected chi connectivity index (χ4v) is 6.29. The van der Waals surface area contributed by atoms with Crippen molar-refractivity contribution in [3.63, 3.8) is 0 Å². The van der Waals surface area contributed by atoms with E-state index in [1.54, 1.807) is 12.5 Å². The topological polar surface area (TPSA) is 168 Å². The molecule has 0 spiro atoms. The minimum atomic E-state index is -1.21. The van der Waals surface area contributed by atoms with E-state index in [4.69, 9.17) is 5.73 Å². The highest BCUT2D eigenvalue weighted by Crippen LogP contribution is 2.44. The third kappa shape index (κ3) is 4.14. The van der Waals surface area contributed by atoms with Crippen LogP contribution in [0.5, 0.6) is 0 Å². The number of tetrazole rings is 1. The summed E-state index contributed by atoms with van der Waals surface area (Å²) in [5, 5.41) is 28.3. The van der Waals surface area contributed by atoms with Gasteiger partial charge in [-0.1, -0.05) is 23.5 Å². The van der Waals surface area contributed by atoms with Crippen molar-refractivity contribution in [2.75, 3.05) is 5.75 Å². The number of nitrogens with one attached hydrogen (secondary N) is 2. The number of rotatable bonds is 7. The van der Waals surface area contributed by atoms with E-state index in [9.17, 15) is 19.5 Å². The molecule has 30 heavy (non-hydrogen) atoms. The Labute approximate surface area is 183 Å². The van der Waals surface area contributed by atoms with Gasteiger partial charge in [0.2, 0.25) is 17.0 Å². The maximum absolute atomic E-state index is 12.6. The third-order valence-corrected chi connectivity index (χ3v) is 7.79. The van der Waals surface area contributed by atoms with Gasteiger partial charge in [-0.3, -0.25) is 14.5 Å². The van der Waals surface area contributed by atoms with Crippen molar-refractivity contribution in [1.29, 1.82) is 0 Å². The first kappa shape index (κ1) is 21.0. The highest BCUT2D eigenvalue weighted by Gasteiger charge is 2.48. The summed E-state index contributed by atoms with van der Waals surface area (Å²) in [6.07, 6.45) is 0.334. The lowest BCUT2D eigenvalue weighted by atomic mass is 10.1. The number of thioether (sulfide) groups is 3. The van der Waals surface area contributed by atoms with Gasteiger partial charge in [-0.25, -0.2) is 9.48 Å². The zero-order valence-corrected chi connectivity index (χ0v) is 18.1. The number of carboxylic acids is 1. The van der Waals surface area contributed by atoms with Gasteiger partial charge >= 0.3 is 5.97 Å². The number of carbonyl (C=O) groups is 3. The van der Waals surface area contributed by atoms with Crippen molar-refractivity contribution >= 4 is 53.1 Å². The maximum Gasteiger partial charge on any atom is 0.352 e. The van der Waals surface area contributed by atoms with Crippen molar-refractivity contribution in [3.05, 3.63) is 22.4 Å². The van der Waals surface area contributed by atoms with Crippen LogP contribution in [0.15, 0.2) is 27.5 Å². The van der Waals surface area contributed by atoms with Crippen LogP contribution in [0.3, 0.4) is 0 Å². The summed E-state index contributed by atoms with van der Waals surface area (Å²) < 4.78 is 1.46. The van der Waals surface area contributed by atoms with Gasteiger partial charge in [-0.2, -0.15) is 0 Å². The Morgan fingerprint density at radius 1 is 1.50 bits per heavy atom. The van der Waals surface area contributed by atoms with E-state index < -0.39 is 11.3 Å². The molecule has 160 valence electrons. The average Bonchev–Trinajstić information content (AvgIpc) is 3.27. The van der Waals surface area contributed by atoms with Crippen molar-refractivity contribution in [1.82, 2.24) is 35.7 Å². The van der Waals surface area contributed by atoms with Gasteiger partial charge in [0, 0.05) is 24.1 Å². The number of hydrogen-bond acceptors (Lipinski definition) is 11. The molecule has 3 aliphatic heterocycles. The molecule has 2 unspecified atom stereocenters. The number of nitrogens with zero attached hydrogens (tertiary/aromatic N) is 5. The molecule has 0 radical (unpaired) electrons. The van der Waals surface area contributed by atoms with Gasteiger partial charge in [-0.05, 0) is 15.8 Å². The predicted molar refractivity (Wildman–Crippen MR) is 110 cm³/mol. The monoisotopic (exact) mass is 470 g/mol. The molecule has 1 fully saturated rings. The summed E-state index contributed by atoms with van der Waals surface area (Å²) in [5.74, 6) is -1.52. The van der Waals surface area contributed by atoms with Gasteiger partial charge in [0.25, 0.3) is 0 Å². The molecule has 0 saturated carbocycles. The van der Waals surface area contributed by atoms with Gasteiger partial charge in [0.15, 0.2) is 0 Å². The lowest BCUT2D eigenvalue weighted by Gasteiger charge is -2.46. The maximum atomic E-state index is 12.6. The smallest absolute Gasteiger partial charge is 0.352 e. The summed E-state index contributed by atoms with van der Waals surface area (Å²) in [5.41, 5.74) is 6.51. The molecule has 1 aromatic rings. The number of nitrogens with two attached hydrogens (primary N) is 1. The highest BCUT2D eigenvalue weighted by atomic mass is 32.2. The molecular weight excluding hydrogens is 452 g/mol. The van der Waals surface area contributed by atoms with E-state index in [1.165, 1.54) is 44.9 Å². The van der Waals surface area contributed by atoms with E-state index in [2.05, 4.69) is 26.2 Å². The van der Waals surface area contributed by atoms with Crippen LogP contribution in [0.2, 0.25) is 0 Å². The number of aliphatic carboxylic acids is 1. The summed E-state index contributed by atoms with van der Waals surface area (Å²) in [4.78, 5) is 38.0. The highest BCUT2D eigenvalue weighted by molar-refractivity contribution is 8.02. The third-order valence-electron chi connectivity index (χ3n) is 4.53. The molecule has 15 heteroatoms. The fraction of sp³-hybridized carbons (Fsp3) is 0.467. The number of hydrogen-bond donors (Lipinski definition) is 4. The first-order valence-corrected chi connectivity index (χ1v) is 11.7. The molecule has 0 bridgehead atoms. The molecular formula is C15H18N8O4S3. The summed E-state index contributed by atoms with van der Waals surface area (Å²) >= 11 is 3.97. The van der Waals surface area contributed by atoms with Gasteiger partial charge in [0.05, 0.1) is 18.2 Å². The predicted octanol–water partition coefficient (Wildman–Crippen LogP) is -0.801. The molecule has 1 aromatic heterocycles. The number of carbonyl (C=O) groups excluding carboxylic acids is 2. The quantitative estimate of drug-likeness (QED) is 0.289. The van der Waals surface area contributed by atoms with Crippen LogP contribution in [0.4, 0.5) is 0 Å². The SMILES string of the molecule is Cn1nnnc1SCC1=C(C(=O)O)N2C(=O)C[C@H]2SC1NC(=O)CC1=CSC(N)N1.